The Labute approximate surface area is 185 Å². The fourth-order valence-corrected chi connectivity index (χ4v) is 3.74. The quantitative estimate of drug-likeness (QED) is 0.685. The van der Waals surface area contributed by atoms with Gasteiger partial charge in [-0.2, -0.15) is 0 Å². The summed E-state index contributed by atoms with van der Waals surface area (Å²) in [6, 6.07) is 13.9. The molecule has 2 amide bonds. The van der Waals surface area contributed by atoms with Gasteiger partial charge < -0.3 is 14.7 Å². The molecule has 0 N–H and O–H groups in total. The summed E-state index contributed by atoms with van der Waals surface area (Å²) in [4.78, 5) is 31.0. The predicted molar refractivity (Wildman–Crippen MR) is 123 cm³/mol. The van der Waals surface area contributed by atoms with Gasteiger partial charge in [0.25, 0.3) is 0 Å². The highest BCUT2D eigenvalue weighted by Crippen LogP contribution is 2.19. The van der Waals surface area contributed by atoms with Crippen molar-refractivity contribution in [3.63, 3.8) is 0 Å². The van der Waals surface area contributed by atoms with E-state index in [1.165, 1.54) is 0 Å². The van der Waals surface area contributed by atoms with E-state index in [0.29, 0.717) is 38.6 Å². The van der Waals surface area contributed by atoms with Crippen molar-refractivity contribution in [1.29, 1.82) is 0 Å². The molecule has 0 saturated carbocycles. The van der Waals surface area contributed by atoms with Gasteiger partial charge in [0.15, 0.2) is 5.82 Å². The second kappa shape index (κ2) is 10.4. The molecule has 0 bridgehead atoms. The summed E-state index contributed by atoms with van der Waals surface area (Å²) in [5.41, 5.74) is 1.89. The molecule has 166 valence electrons. The summed E-state index contributed by atoms with van der Waals surface area (Å²) >= 11 is 0. The third-order valence-electron chi connectivity index (χ3n) is 5.39. The average molecular weight is 424 g/mol. The maximum atomic E-state index is 12.8. The lowest BCUT2D eigenvalue weighted by molar-refractivity contribution is -0.143. The maximum Gasteiger partial charge on any atom is 0.242 e. The number of nitrogens with zero attached hydrogens (tertiary/aromatic N) is 5. The minimum atomic E-state index is -0.110. The van der Waals surface area contributed by atoms with Crippen molar-refractivity contribution >= 4 is 17.6 Å². The van der Waals surface area contributed by atoms with Gasteiger partial charge in [-0.25, -0.2) is 0 Å². The topological polar surface area (TPSA) is 69.6 Å². The second-order valence-corrected chi connectivity index (χ2v) is 8.78. The Morgan fingerprint density at radius 3 is 2.16 bits per heavy atom. The third kappa shape index (κ3) is 6.03. The van der Waals surface area contributed by atoms with Crippen molar-refractivity contribution < 1.29 is 9.59 Å². The predicted octanol–water partition coefficient (Wildman–Crippen LogP) is 2.93. The molecule has 2 heterocycles. The van der Waals surface area contributed by atoms with Crippen LogP contribution in [0.1, 0.15) is 27.7 Å². The van der Waals surface area contributed by atoms with Crippen LogP contribution in [0.4, 0.5) is 5.82 Å². The molecule has 0 atom stereocenters. The molecule has 0 spiro atoms. The normalized spacial score (nSPS) is 14.3. The standard InChI is InChI=1S/C24H33N5O2/c1-18(2)16-29(24(31)19(3)4)17-23(30)28-14-12-27(13-15-28)22-11-10-21(25-26-22)20-8-6-5-7-9-20/h5-11,18-19H,12-17H2,1-4H3. The van der Waals surface area contributed by atoms with Gasteiger partial charge in [-0.05, 0) is 18.1 Å². The number of anilines is 1. The molecule has 7 heteroatoms. The molecule has 1 aliphatic rings. The monoisotopic (exact) mass is 423 g/mol. The Balaban J connectivity index is 1.56. The van der Waals surface area contributed by atoms with Gasteiger partial charge in [0.1, 0.15) is 0 Å². The second-order valence-electron chi connectivity index (χ2n) is 8.78. The zero-order valence-corrected chi connectivity index (χ0v) is 19.0. The molecular formula is C24H33N5O2. The van der Waals surface area contributed by atoms with E-state index in [-0.39, 0.29) is 24.3 Å². The number of aromatic nitrogens is 2. The van der Waals surface area contributed by atoms with Crippen LogP contribution in [-0.2, 0) is 9.59 Å². The largest absolute Gasteiger partial charge is 0.352 e. The first kappa shape index (κ1) is 22.7. The Morgan fingerprint density at radius 2 is 1.61 bits per heavy atom. The first-order valence-electron chi connectivity index (χ1n) is 11.1. The highest BCUT2D eigenvalue weighted by atomic mass is 16.2. The number of carbonyl (C=O) groups is 2. The smallest absolute Gasteiger partial charge is 0.242 e. The number of hydrogen-bond donors (Lipinski definition) is 0. The first-order chi connectivity index (χ1) is 14.8. The molecule has 1 fully saturated rings. The molecule has 7 nitrogen and oxygen atoms in total. The third-order valence-corrected chi connectivity index (χ3v) is 5.39. The number of piperazine rings is 1. The fraction of sp³-hybridized carbons (Fsp3) is 0.500. The lowest BCUT2D eigenvalue weighted by Gasteiger charge is -2.36. The summed E-state index contributed by atoms with van der Waals surface area (Å²) in [7, 11) is 0. The summed E-state index contributed by atoms with van der Waals surface area (Å²) in [6.45, 7) is 11.3. The van der Waals surface area contributed by atoms with Crippen LogP contribution in [0.3, 0.4) is 0 Å². The Hall–Kier alpha value is -2.96. The van der Waals surface area contributed by atoms with Gasteiger partial charge in [-0.3, -0.25) is 9.59 Å². The van der Waals surface area contributed by atoms with Crippen LogP contribution in [0.15, 0.2) is 42.5 Å². The van der Waals surface area contributed by atoms with Crippen LogP contribution in [0, 0.1) is 11.8 Å². The number of benzene rings is 1. The van der Waals surface area contributed by atoms with E-state index in [0.717, 1.165) is 17.1 Å². The van der Waals surface area contributed by atoms with Crippen molar-refractivity contribution in [3.05, 3.63) is 42.5 Å². The van der Waals surface area contributed by atoms with E-state index in [9.17, 15) is 9.59 Å². The minimum absolute atomic E-state index is 0.0137. The van der Waals surface area contributed by atoms with E-state index in [2.05, 4.69) is 28.9 Å². The number of hydrogen-bond acceptors (Lipinski definition) is 5. The Morgan fingerprint density at radius 1 is 0.935 bits per heavy atom. The molecular weight excluding hydrogens is 390 g/mol. The van der Waals surface area contributed by atoms with E-state index in [1.807, 2.05) is 61.2 Å². The van der Waals surface area contributed by atoms with Crippen LogP contribution in [0.2, 0.25) is 0 Å². The van der Waals surface area contributed by atoms with Crippen LogP contribution >= 0.6 is 0 Å². The zero-order chi connectivity index (χ0) is 22.4. The van der Waals surface area contributed by atoms with E-state index < -0.39 is 0 Å². The highest BCUT2D eigenvalue weighted by Gasteiger charge is 2.26. The van der Waals surface area contributed by atoms with Gasteiger partial charge in [0.2, 0.25) is 11.8 Å². The molecule has 0 aliphatic carbocycles. The van der Waals surface area contributed by atoms with E-state index in [1.54, 1.807) is 4.90 Å². The van der Waals surface area contributed by atoms with Crippen molar-refractivity contribution in [2.24, 2.45) is 11.8 Å². The number of carbonyl (C=O) groups excluding carboxylic acids is 2. The van der Waals surface area contributed by atoms with Crippen molar-refractivity contribution in [3.8, 4) is 11.3 Å². The van der Waals surface area contributed by atoms with Crippen LogP contribution in [0.25, 0.3) is 11.3 Å². The maximum absolute atomic E-state index is 12.8. The first-order valence-corrected chi connectivity index (χ1v) is 11.1. The molecule has 1 aromatic carbocycles. The van der Waals surface area contributed by atoms with Crippen LogP contribution < -0.4 is 4.90 Å². The average Bonchev–Trinajstić information content (AvgIpc) is 2.78. The summed E-state index contributed by atoms with van der Waals surface area (Å²) in [5.74, 6) is 1.09. The van der Waals surface area contributed by atoms with E-state index in [4.69, 9.17) is 0 Å². The van der Waals surface area contributed by atoms with Crippen molar-refractivity contribution in [1.82, 2.24) is 20.0 Å². The molecule has 1 aromatic heterocycles. The molecule has 0 unspecified atom stereocenters. The van der Waals surface area contributed by atoms with Crippen LogP contribution in [0.5, 0.6) is 0 Å². The molecule has 31 heavy (non-hydrogen) atoms. The van der Waals surface area contributed by atoms with Gasteiger partial charge in [-0.15, -0.1) is 10.2 Å². The Kier molecular flexibility index (Phi) is 7.60. The van der Waals surface area contributed by atoms with Gasteiger partial charge in [0.05, 0.1) is 12.2 Å². The molecule has 0 radical (unpaired) electrons. The Bertz CT molecular complexity index is 859. The van der Waals surface area contributed by atoms with Gasteiger partial charge in [-0.1, -0.05) is 58.0 Å². The fourth-order valence-electron chi connectivity index (χ4n) is 3.74. The summed E-state index contributed by atoms with van der Waals surface area (Å²) in [5, 5.41) is 8.76. The van der Waals surface area contributed by atoms with Gasteiger partial charge in [0, 0.05) is 44.2 Å². The van der Waals surface area contributed by atoms with Gasteiger partial charge >= 0.3 is 0 Å². The van der Waals surface area contributed by atoms with Crippen molar-refractivity contribution in [2.45, 2.75) is 27.7 Å². The molecule has 3 rings (SSSR count). The van der Waals surface area contributed by atoms with Crippen molar-refractivity contribution in [2.75, 3.05) is 44.2 Å². The minimum Gasteiger partial charge on any atom is -0.352 e. The highest BCUT2D eigenvalue weighted by molar-refractivity contribution is 5.85. The molecule has 1 saturated heterocycles. The lowest BCUT2D eigenvalue weighted by Crippen LogP contribution is -2.52. The van der Waals surface area contributed by atoms with E-state index >= 15 is 0 Å². The number of amides is 2. The molecule has 2 aromatic rings. The SMILES string of the molecule is CC(C)CN(CC(=O)N1CCN(c2ccc(-c3ccccc3)nn2)CC1)C(=O)C(C)C. The molecule has 1 aliphatic heterocycles. The van der Waals surface area contributed by atoms with Crippen LogP contribution in [-0.4, -0.2) is 71.1 Å². The lowest BCUT2D eigenvalue weighted by atomic mass is 10.1. The number of rotatable bonds is 7. The summed E-state index contributed by atoms with van der Waals surface area (Å²) < 4.78 is 0. The summed E-state index contributed by atoms with van der Waals surface area (Å²) in [6.07, 6.45) is 0. The zero-order valence-electron chi connectivity index (χ0n) is 19.0.